The van der Waals surface area contributed by atoms with Crippen molar-refractivity contribution in [3.63, 3.8) is 0 Å². The first-order valence-electron chi connectivity index (χ1n) is 8.16. The number of thiocarbonyl (C=S) groups is 1. The van der Waals surface area contributed by atoms with Crippen molar-refractivity contribution in [2.75, 3.05) is 6.54 Å². The van der Waals surface area contributed by atoms with Crippen LogP contribution >= 0.6 is 24.0 Å². The van der Waals surface area contributed by atoms with Crippen LogP contribution < -0.4 is 0 Å². The quantitative estimate of drug-likeness (QED) is 0.544. The first-order chi connectivity index (χ1) is 12.1. The van der Waals surface area contributed by atoms with E-state index in [9.17, 15) is 4.79 Å². The summed E-state index contributed by atoms with van der Waals surface area (Å²) in [6.45, 7) is 2.62. The number of hydrogen-bond acceptors (Lipinski definition) is 3. The zero-order valence-corrected chi connectivity index (χ0v) is 15.6. The first kappa shape index (κ1) is 17.6. The Kier molecular flexibility index (Phi) is 5.84. The van der Waals surface area contributed by atoms with Crippen molar-refractivity contribution < 1.29 is 4.79 Å². The Morgan fingerprint density at radius 1 is 1.08 bits per heavy atom. The van der Waals surface area contributed by atoms with Gasteiger partial charge in [0.15, 0.2) is 0 Å². The molecule has 1 fully saturated rings. The number of thioether (sulfide) groups is 1. The molecule has 0 aliphatic carbocycles. The van der Waals surface area contributed by atoms with Gasteiger partial charge in [0.1, 0.15) is 4.32 Å². The maximum atomic E-state index is 12.6. The van der Waals surface area contributed by atoms with Gasteiger partial charge in [-0.25, -0.2) is 0 Å². The van der Waals surface area contributed by atoms with E-state index < -0.39 is 0 Å². The highest BCUT2D eigenvalue weighted by Crippen LogP contribution is 2.32. The van der Waals surface area contributed by atoms with Gasteiger partial charge in [0.05, 0.1) is 4.91 Å². The van der Waals surface area contributed by atoms with Gasteiger partial charge in [-0.2, -0.15) is 0 Å². The van der Waals surface area contributed by atoms with Crippen molar-refractivity contribution in [2.24, 2.45) is 0 Å². The van der Waals surface area contributed by atoms with Gasteiger partial charge in [0.2, 0.25) is 0 Å². The summed E-state index contributed by atoms with van der Waals surface area (Å²) in [5, 5.41) is 0. The van der Waals surface area contributed by atoms with E-state index in [0.717, 1.165) is 17.6 Å². The highest BCUT2D eigenvalue weighted by Gasteiger charge is 2.31. The minimum absolute atomic E-state index is 0.00624. The largest absolute Gasteiger partial charge is 0.293 e. The minimum Gasteiger partial charge on any atom is -0.293 e. The van der Waals surface area contributed by atoms with Gasteiger partial charge in [-0.05, 0) is 36.1 Å². The maximum absolute atomic E-state index is 12.6. The molecule has 4 heteroatoms. The van der Waals surface area contributed by atoms with Crippen LogP contribution in [0.25, 0.3) is 6.08 Å². The predicted octanol–water partition coefficient (Wildman–Crippen LogP) is 5.08. The summed E-state index contributed by atoms with van der Waals surface area (Å²) >= 11 is 6.78. The highest BCUT2D eigenvalue weighted by molar-refractivity contribution is 8.26. The standard InChI is InChI=1S/C21H19NOS2/c1-16(14-18-10-6-3-7-11-18)15-19-20(23)22(21(24)25-19)13-12-17-8-4-2-5-9-17/h2-11,14-15H,12-13H2,1H3/b16-14+,19-15+. The van der Waals surface area contributed by atoms with Crippen LogP contribution in [0.5, 0.6) is 0 Å². The summed E-state index contributed by atoms with van der Waals surface area (Å²) < 4.78 is 0.639. The number of hydrogen-bond donors (Lipinski definition) is 0. The Balaban J connectivity index is 1.69. The second kappa shape index (κ2) is 8.28. The molecule has 2 nitrogen and oxygen atoms in total. The molecule has 3 rings (SSSR count). The van der Waals surface area contributed by atoms with Gasteiger partial charge in [-0.15, -0.1) is 0 Å². The van der Waals surface area contributed by atoms with E-state index in [-0.39, 0.29) is 5.91 Å². The third kappa shape index (κ3) is 4.68. The fourth-order valence-electron chi connectivity index (χ4n) is 2.64. The lowest BCUT2D eigenvalue weighted by atomic mass is 10.1. The van der Waals surface area contributed by atoms with E-state index in [1.807, 2.05) is 61.5 Å². The van der Waals surface area contributed by atoms with Gasteiger partial charge < -0.3 is 0 Å². The fourth-order valence-corrected chi connectivity index (χ4v) is 4.00. The third-order valence-electron chi connectivity index (χ3n) is 3.89. The minimum atomic E-state index is 0.00624. The monoisotopic (exact) mass is 365 g/mol. The van der Waals surface area contributed by atoms with E-state index in [4.69, 9.17) is 12.2 Å². The molecule has 2 aromatic carbocycles. The van der Waals surface area contributed by atoms with Gasteiger partial charge in [-0.1, -0.05) is 90.7 Å². The number of amides is 1. The second-order valence-corrected chi connectivity index (χ2v) is 7.54. The number of carbonyl (C=O) groups is 1. The lowest BCUT2D eigenvalue weighted by Gasteiger charge is -2.14. The Bertz CT molecular complexity index is 825. The number of rotatable bonds is 5. The lowest BCUT2D eigenvalue weighted by Crippen LogP contribution is -2.30. The molecule has 0 atom stereocenters. The summed E-state index contributed by atoms with van der Waals surface area (Å²) in [4.78, 5) is 15.0. The van der Waals surface area contributed by atoms with Crippen LogP contribution in [0.15, 0.2) is 77.2 Å². The number of allylic oxidation sites excluding steroid dienone is 2. The average molecular weight is 366 g/mol. The molecule has 0 bridgehead atoms. The van der Waals surface area contributed by atoms with Crippen molar-refractivity contribution in [3.05, 3.63) is 88.3 Å². The average Bonchev–Trinajstić information content (AvgIpc) is 2.88. The van der Waals surface area contributed by atoms with Crippen molar-refractivity contribution in [3.8, 4) is 0 Å². The van der Waals surface area contributed by atoms with Gasteiger partial charge in [0, 0.05) is 6.54 Å². The topological polar surface area (TPSA) is 20.3 Å². The van der Waals surface area contributed by atoms with Gasteiger partial charge in [-0.3, -0.25) is 9.69 Å². The Hall–Kier alpha value is -2.17. The smallest absolute Gasteiger partial charge is 0.266 e. The molecular weight excluding hydrogens is 346 g/mol. The zero-order chi connectivity index (χ0) is 17.6. The highest BCUT2D eigenvalue weighted by atomic mass is 32.2. The number of carbonyl (C=O) groups excluding carboxylic acids is 1. The second-order valence-electron chi connectivity index (χ2n) is 5.87. The van der Waals surface area contributed by atoms with E-state index in [1.165, 1.54) is 17.3 Å². The molecule has 1 amide bonds. The maximum Gasteiger partial charge on any atom is 0.266 e. The van der Waals surface area contributed by atoms with Crippen LogP contribution in [0.2, 0.25) is 0 Å². The molecule has 0 N–H and O–H groups in total. The molecular formula is C21H19NOS2. The Morgan fingerprint density at radius 2 is 1.72 bits per heavy atom. The van der Waals surface area contributed by atoms with Crippen LogP contribution in [0.4, 0.5) is 0 Å². The molecule has 2 aromatic rings. The van der Waals surface area contributed by atoms with E-state index in [2.05, 4.69) is 18.2 Å². The molecule has 0 radical (unpaired) electrons. The molecule has 0 spiro atoms. The Morgan fingerprint density at radius 3 is 2.40 bits per heavy atom. The van der Waals surface area contributed by atoms with Crippen molar-refractivity contribution in [1.82, 2.24) is 4.90 Å². The molecule has 0 saturated carbocycles. The first-order valence-corrected chi connectivity index (χ1v) is 9.38. The zero-order valence-electron chi connectivity index (χ0n) is 14.0. The summed E-state index contributed by atoms with van der Waals surface area (Å²) in [6, 6.07) is 20.2. The van der Waals surface area contributed by atoms with Crippen molar-refractivity contribution in [2.45, 2.75) is 13.3 Å². The molecule has 1 aliphatic rings. The molecule has 1 aliphatic heterocycles. The van der Waals surface area contributed by atoms with Crippen LogP contribution in [-0.2, 0) is 11.2 Å². The molecule has 1 saturated heterocycles. The van der Waals surface area contributed by atoms with Crippen LogP contribution in [0.3, 0.4) is 0 Å². The molecule has 126 valence electrons. The van der Waals surface area contributed by atoms with Crippen LogP contribution in [-0.4, -0.2) is 21.7 Å². The van der Waals surface area contributed by atoms with E-state index in [0.29, 0.717) is 15.8 Å². The number of nitrogens with zero attached hydrogens (tertiary/aromatic N) is 1. The summed E-state index contributed by atoms with van der Waals surface area (Å²) in [5.74, 6) is 0.00624. The summed E-state index contributed by atoms with van der Waals surface area (Å²) in [5.41, 5.74) is 3.37. The fraction of sp³-hybridized carbons (Fsp3) is 0.143. The third-order valence-corrected chi connectivity index (χ3v) is 5.27. The van der Waals surface area contributed by atoms with Gasteiger partial charge >= 0.3 is 0 Å². The molecule has 0 aromatic heterocycles. The van der Waals surface area contributed by atoms with Crippen molar-refractivity contribution in [1.29, 1.82) is 0 Å². The van der Waals surface area contributed by atoms with Gasteiger partial charge in [0.25, 0.3) is 5.91 Å². The van der Waals surface area contributed by atoms with E-state index in [1.54, 1.807) is 4.90 Å². The van der Waals surface area contributed by atoms with E-state index >= 15 is 0 Å². The normalized spacial score (nSPS) is 16.8. The molecule has 1 heterocycles. The summed E-state index contributed by atoms with van der Waals surface area (Å²) in [7, 11) is 0. The summed E-state index contributed by atoms with van der Waals surface area (Å²) in [6.07, 6.45) is 4.80. The van der Waals surface area contributed by atoms with Crippen molar-refractivity contribution >= 4 is 40.3 Å². The Labute approximate surface area is 158 Å². The van der Waals surface area contributed by atoms with Crippen LogP contribution in [0, 0.1) is 0 Å². The SMILES string of the molecule is CC(=C\c1ccccc1)/C=C1/SC(=S)N(CCc2ccccc2)C1=O. The molecule has 25 heavy (non-hydrogen) atoms. The van der Waals surface area contributed by atoms with Crippen LogP contribution in [0.1, 0.15) is 18.1 Å². The predicted molar refractivity (Wildman–Crippen MR) is 110 cm³/mol. The molecule has 0 unspecified atom stereocenters. The number of benzene rings is 2. The lowest BCUT2D eigenvalue weighted by molar-refractivity contribution is -0.122.